The maximum absolute atomic E-state index is 11.3. The summed E-state index contributed by atoms with van der Waals surface area (Å²) in [5.41, 5.74) is -2.40. The van der Waals surface area contributed by atoms with Gasteiger partial charge in [0.05, 0.1) is 21.3 Å². The molecule has 0 radical (unpaired) electrons. The van der Waals surface area contributed by atoms with Crippen molar-refractivity contribution in [2.75, 3.05) is 18.0 Å². The Morgan fingerprint density at radius 2 is 1.67 bits per heavy atom. The first kappa shape index (κ1) is 17.1. The molecule has 1 unspecified atom stereocenters. The number of hydrogen-bond acceptors (Lipinski definition) is 7. The average Bonchev–Trinajstić information content (AvgIpc) is 2.53. The molecule has 2 rings (SSSR count). The van der Waals surface area contributed by atoms with Gasteiger partial charge in [0.15, 0.2) is 5.69 Å². The van der Waals surface area contributed by atoms with Crippen LogP contribution >= 0.6 is 0 Å². The molecule has 0 bridgehead atoms. The number of nitrogens with zero attached hydrogens (tertiary/aromatic N) is 3. The highest BCUT2D eigenvalue weighted by atomic mass is 16.6. The highest BCUT2D eigenvalue weighted by Gasteiger charge is 2.36. The predicted octanol–water partition coefficient (Wildman–Crippen LogP) is 1.50. The van der Waals surface area contributed by atoms with Crippen LogP contribution in [0.2, 0.25) is 0 Å². The normalized spacial score (nSPS) is 17.3. The van der Waals surface area contributed by atoms with E-state index in [1.54, 1.807) is 0 Å². The van der Waals surface area contributed by atoms with Crippen LogP contribution < -0.4 is 4.90 Å². The fraction of sp³-hybridized carbons (Fsp3) is 0.385. The Labute approximate surface area is 134 Å². The van der Waals surface area contributed by atoms with Crippen molar-refractivity contribution in [1.82, 2.24) is 0 Å². The number of aliphatic carboxylic acids is 1. The summed E-state index contributed by atoms with van der Waals surface area (Å²) in [7, 11) is 0. The van der Waals surface area contributed by atoms with E-state index in [9.17, 15) is 29.8 Å². The van der Waals surface area contributed by atoms with E-state index in [-0.39, 0.29) is 18.8 Å². The SMILES string of the molecule is O=C(O)c1cc([N+](=O)[O-])c(N2CCCC(C(=O)O)C2)c([N+](=O)[O-])c1. The summed E-state index contributed by atoms with van der Waals surface area (Å²) < 4.78 is 0. The summed E-state index contributed by atoms with van der Waals surface area (Å²) in [6.07, 6.45) is 0.757. The van der Waals surface area contributed by atoms with Crippen molar-refractivity contribution in [3.05, 3.63) is 37.9 Å². The highest BCUT2D eigenvalue weighted by Crippen LogP contribution is 2.40. The Hall–Kier alpha value is -3.24. The molecule has 1 aromatic rings. The summed E-state index contributed by atoms with van der Waals surface area (Å²) in [5, 5.41) is 40.6. The monoisotopic (exact) mass is 339 g/mol. The minimum absolute atomic E-state index is 0.122. The number of nitro benzene ring substituents is 2. The molecule has 0 spiro atoms. The fourth-order valence-electron chi connectivity index (χ4n) is 2.71. The van der Waals surface area contributed by atoms with Crippen molar-refractivity contribution in [2.24, 2.45) is 5.92 Å². The maximum atomic E-state index is 11.3. The van der Waals surface area contributed by atoms with Crippen molar-refractivity contribution in [1.29, 1.82) is 0 Å². The average molecular weight is 339 g/mol. The second-order valence-corrected chi connectivity index (χ2v) is 5.31. The molecule has 1 fully saturated rings. The molecule has 1 aromatic carbocycles. The van der Waals surface area contributed by atoms with Crippen molar-refractivity contribution in [3.8, 4) is 0 Å². The zero-order valence-electron chi connectivity index (χ0n) is 12.2. The molecule has 1 aliphatic rings. The third kappa shape index (κ3) is 3.24. The number of anilines is 1. The van der Waals surface area contributed by atoms with Crippen LogP contribution in [0.4, 0.5) is 17.1 Å². The molecule has 11 nitrogen and oxygen atoms in total. The lowest BCUT2D eigenvalue weighted by Gasteiger charge is -2.31. The number of carboxylic acid groups (broad SMARTS) is 2. The lowest BCUT2D eigenvalue weighted by molar-refractivity contribution is -0.392. The fourth-order valence-corrected chi connectivity index (χ4v) is 2.71. The van der Waals surface area contributed by atoms with Gasteiger partial charge in [-0.15, -0.1) is 0 Å². The Bertz CT molecular complexity index is 697. The zero-order valence-corrected chi connectivity index (χ0v) is 12.2. The van der Waals surface area contributed by atoms with Crippen LogP contribution in [0.5, 0.6) is 0 Å². The molecule has 1 saturated heterocycles. The Kier molecular flexibility index (Phi) is 4.62. The summed E-state index contributed by atoms with van der Waals surface area (Å²) in [6.45, 7) is 0.0846. The molecule has 11 heteroatoms. The molecule has 1 aliphatic heterocycles. The molecular formula is C13H13N3O8. The molecule has 24 heavy (non-hydrogen) atoms. The van der Waals surface area contributed by atoms with Crippen molar-refractivity contribution in [3.63, 3.8) is 0 Å². The first-order valence-corrected chi connectivity index (χ1v) is 6.90. The number of benzene rings is 1. The molecular weight excluding hydrogens is 326 g/mol. The van der Waals surface area contributed by atoms with Crippen LogP contribution in [0.15, 0.2) is 12.1 Å². The molecule has 0 aliphatic carbocycles. The molecule has 0 saturated carbocycles. The largest absolute Gasteiger partial charge is 0.481 e. The van der Waals surface area contributed by atoms with E-state index >= 15 is 0 Å². The van der Waals surface area contributed by atoms with Gasteiger partial charge in [-0.3, -0.25) is 25.0 Å². The standard InChI is InChI=1S/C13H13N3O8/c17-12(18)7-2-1-3-14(6-7)11-9(15(21)22)4-8(13(19)20)5-10(11)16(23)24/h4-5,7H,1-3,6H2,(H,17,18)(H,19,20). The van der Waals surface area contributed by atoms with Gasteiger partial charge in [0, 0.05) is 25.2 Å². The minimum atomic E-state index is -1.53. The zero-order chi connectivity index (χ0) is 18.0. The molecule has 0 amide bonds. The summed E-state index contributed by atoms with van der Waals surface area (Å²) in [5.74, 6) is -3.43. The van der Waals surface area contributed by atoms with E-state index < -0.39 is 44.6 Å². The van der Waals surface area contributed by atoms with Crippen LogP contribution in [0.1, 0.15) is 23.2 Å². The summed E-state index contributed by atoms with van der Waals surface area (Å²) in [6, 6.07) is 1.49. The van der Waals surface area contributed by atoms with E-state index in [2.05, 4.69) is 0 Å². The van der Waals surface area contributed by atoms with Crippen molar-refractivity contribution >= 4 is 29.0 Å². The van der Waals surface area contributed by atoms with Crippen LogP contribution in [0.25, 0.3) is 0 Å². The number of hydrogen-bond donors (Lipinski definition) is 2. The second-order valence-electron chi connectivity index (χ2n) is 5.31. The lowest BCUT2D eigenvalue weighted by Crippen LogP contribution is -2.39. The third-order valence-corrected chi connectivity index (χ3v) is 3.80. The van der Waals surface area contributed by atoms with E-state index in [0.29, 0.717) is 12.8 Å². The van der Waals surface area contributed by atoms with Gasteiger partial charge in [0.1, 0.15) is 0 Å². The van der Waals surface area contributed by atoms with Crippen molar-refractivity contribution in [2.45, 2.75) is 12.8 Å². The number of carboxylic acids is 2. The molecule has 0 aromatic heterocycles. The van der Waals surface area contributed by atoms with Gasteiger partial charge in [-0.1, -0.05) is 0 Å². The smallest absolute Gasteiger partial charge is 0.336 e. The second kappa shape index (κ2) is 6.48. The number of piperidine rings is 1. The van der Waals surface area contributed by atoms with Gasteiger partial charge in [-0.2, -0.15) is 0 Å². The molecule has 1 heterocycles. The summed E-state index contributed by atoms with van der Waals surface area (Å²) >= 11 is 0. The van der Waals surface area contributed by atoms with Gasteiger partial charge >= 0.3 is 23.3 Å². The number of nitro groups is 2. The van der Waals surface area contributed by atoms with Gasteiger partial charge in [0.2, 0.25) is 0 Å². The quantitative estimate of drug-likeness (QED) is 0.597. The Morgan fingerprint density at radius 1 is 1.12 bits per heavy atom. The van der Waals surface area contributed by atoms with Crippen LogP contribution in [-0.2, 0) is 4.79 Å². The Morgan fingerprint density at radius 3 is 2.08 bits per heavy atom. The third-order valence-electron chi connectivity index (χ3n) is 3.80. The van der Waals surface area contributed by atoms with Crippen molar-refractivity contribution < 1.29 is 29.6 Å². The number of rotatable bonds is 5. The van der Waals surface area contributed by atoms with E-state index in [0.717, 1.165) is 12.1 Å². The van der Waals surface area contributed by atoms with Crippen LogP contribution in [0.3, 0.4) is 0 Å². The first-order valence-electron chi connectivity index (χ1n) is 6.90. The maximum Gasteiger partial charge on any atom is 0.336 e. The van der Waals surface area contributed by atoms with E-state index in [1.165, 1.54) is 4.90 Å². The van der Waals surface area contributed by atoms with Gasteiger partial charge in [-0.25, -0.2) is 4.79 Å². The molecule has 1 atom stereocenters. The van der Waals surface area contributed by atoms with Gasteiger partial charge in [-0.05, 0) is 12.8 Å². The predicted molar refractivity (Wildman–Crippen MR) is 79.3 cm³/mol. The number of carbonyl (C=O) groups is 2. The molecule has 2 N–H and O–H groups in total. The van der Waals surface area contributed by atoms with Gasteiger partial charge < -0.3 is 15.1 Å². The minimum Gasteiger partial charge on any atom is -0.481 e. The van der Waals surface area contributed by atoms with Crippen LogP contribution in [-0.4, -0.2) is 45.1 Å². The van der Waals surface area contributed by atoms with Gasteiger partial charge in [0.25, 0.3) is 0 Å². The topological polar surface area (TPSA) is 164 Å². The summed E-state index contributed by atoms with van der Waals surface area (Å²) in [4.78, 5) is 44.2. The Balaban J connectivity index is 2.62. The van der Waals surface area contributed by atoms with E-state index in [1.807, 2.05) is 0 Å². The van der Waals surface area contributed by atoms with E-state index in [4.69, 9.17) is 10.2 Å². The van der Waals surface area contributed by atoms with Crippen LogP contribution in [0, 0.1) is 26.1 Å². The highest BCUT2D eigenvalue weighted by molar-refractivity contribution is 5.92. The first-order chi connectivity index (χ1) is 11.2. The molecule has 128 valence electrons. The number of aromatic carboxylic acids is 1. The lowest BCUT2D eigenvalue weighted by atomic mass is 9.97.